The van der Waals surface area contributed by atoms with Crippen LogP contribution in [0.2, 0.25) is 0 Å². The van der Waals surface area contributed by atoms with Gasteiger partial charge in [-0.3, -0.25) is 4.79 Å². The third-order valence-electron chi connectivity index (χ3n) is 3.30. The number of ether oxygens (including phenoxy) is 1. The summed E-state index contributed by atoms with van der Waals surface area (Å²) < 4.78 is 4.62. The molecule has 2 aromatic carbocycles. The lowest BCUT2D eigenvalue weighted by Crippen LogP contribution is -2.33. The largest absolute Gasteiger partial charge is 0.468 e. The average Bonchev–Trinajstić information content (AvgIpc) is 2.48. The highest BCUT2D eigenvalue weighted by atomic mass is 16.5. The summed E-state index contributed by atoms with van der Waals surface area (Å²) in [6.45, 7) is 2.07. The van der Waals surface area contributed by atoms with Gasteiger partial charge in [0.1, 0.15) is 6.04 Å². The third kappa shape index (κ3) is 3.45. The number of carbonyl (C=O) groups excluding carboxylic acids is 1. The van der Waals surface area contributed by atoms with Gasteiger partial charge < -0.3 is 10.5 Å². The molecule has 3 heteroatoms. The molecular weight excluding hydrogens is 250 g/mol. The van der Waals surface area contributed by atoms with Crippen LogP contribution < -0.4 is 5.73 Å². The van der Waals surface area contributed by atoms with Crippen LogP contribution in [0.1, 0.15) is 11.1 Å². The van der Waals surface area contributed by atoms with Gasteiger partial charge in [0.2, 0.25) is 0 Å². The molecule has 0 aliphatic carbocycles. The predicted octanol–water partition coefficient (Wildman–Crippen LogP) is 2.70. The Labute approximate surface area is 119 Å². The van der Waals surface area contributed by atoms with Crippen LogP contribution in [0.3, 0.4) is 0 Å². The second-order valence-electron chi connectivity index (χ2n) is 4.90. The maximum absolute atomic E-state index is 11.3. The molecule has 0 amide bonds. The van der Waals surface area contributed by atoms with E-state index in [1.54, 1.807) is 0 Å². The topological polar surface area (TPSA) is 52.3 Å². The minimum absolute atomic E-state index is 0.382. The lowest BCUT2D eigenvalue weighted by Gasteiger charge is -2.10. The normalized spacial score (nSPS) is 11.9. The molecule has 0 aliphatic heterocycles. The first-order chi connectivity index (χ1) is 9.60. The fourth-order valence-electron chi connectivity index (χ4n) is 2.07. The quantitative estimate of drug-likeness (QED) is 0.868. The van der Waals surface area contributed by atoms with E-state index in [1.807, 2.05) is 24.3 Å². The van der Waals surface area contributed by atoms with Gasteiger partial charge in [0.05, 0.1) is 7.11 Å². The lowest BCUT2D eigenvalue weighted by molar-refractivity contribution is -0.142. The first-order valence-corrected chi connectivity index (χ1v) is 6.59. The number of rotatable bonds is 4. The molecule has 0 aromatic heterocycles. The van der Waals surface area contributed by atoms with Crippen molar-refractivity contribution in [2.45, 2.75) is 19.4 Å². The third-order valence-corrected chi connectivity index (χ3v) is 3.30. The Morgan fingerprint density at radius 3 is 2.05 bits per heavy atom. The molecule has 0 radical (unpaired) electrons. The van der Waals surface area contributed by atoms with Crippen molar-refractivity contribution in [3.8, 4) is 11.1 Å². The van der Waals surface area contributed by atoms with Crippen LogP contribution in [-0.2, 0) is 16.0 Å². The van der Waals surface area contributed by atoms with Crippen LogP contribution >= 0.6 is 0 Å². The van der Waals surface area contributed by atoms with Gasteiger partial charge in [-0.25, -0.2) is 0 Å². The van der Waals surface area contributed by atoms with Crippen molar-refractivity contribution in [1.29, 1.82) is 0 Å². The van der Waals surface area contributed by atoms with Crippen molar-refractivity contribution in [2.24, 2.45) is 5.73 Å². The van der Waals surface area contributed by atoms with Gasteiger partial charge >= 0.3 is 5.97 Å². The minimum atomic E-state index is -0.606. The summed E-state index contributed by atoms with van der Waals surface area (Å²) in [7, 11) is 1.35. The van der Waals surface area contributed by atoms with Crippen molar-refractivity contribution >= 4 is 5.97 Å². The lowest BCUT2D eigenvalue weighted by atomic mass is 10.0. The molecule has 0 fully saturated rings. The van der Waals surface area contributed by atoms with E-state index < -0.39 is 6.04 Å². The zero-order valence-corrected chi connectivity index (χ0v) is 11.8. The van der Waals surface area contributed by atoms with Crippen LogP contribution in [0.25, 0.3) is 11.1 Å². The second kappa shape index (κ2) is 6.35. The summed E-state index contributed by atoms with van der Waals surface area (Å²) in [5.41, 5.74) is 10.4. The number of benzene rings is 2. The maximum atomic E-state index is 11.3. The van der Waals surface area contributed by atoms with E-state index in [0.29, 0.717) is 6.42 Å². The first kappa shape index (κ1) is 14.3. The molecule has 0 heterocycles. The molecule has 0 bridgehead atoms. The molecule has 1 unspecified atom stereocenters. The van der Waals surface area contributed by atoms with E-state index in [9.17, 15) is 4.79 Å². The van der Waals surface area contributed by atoms with E-state index >= 15 is 0 Å². The fourth-order valence-corrected chi connectivity index (χ4v) is 2.07. The average molecular weight is 269 g/mol. The Balaban J connectivity index is 2.10. The number of aryl methyl sites for hydroxylation is 1. The number of carbonyl (C=O) groups is 1. The molecular formula is C17H19NO2. The summed E-state index contributed by atoms with van der Waals surface area (Å²) >= 11 is 0. The zero-order valence-electron chi connectivity index (χ0n) is 11.8. The Morgan fingerprint density at radius 2 is 1.55 bits per heavy atom. The monoisotopic (exact) mass is 269 g/mol. The highest BCUT2D eigenvalue weighted by Crippen LogP contribution is 2.20. The number of hydrogen-bond acceptors (Lipinski definition) is 3. The molecule has 1 atom stereocenters. The van der Waals surface area contributed by atoms with Crippen LogP contribution in [0.15, 0.2) is 48.5 Å². The molecule has 104 valence electrons. The summed E-state index contributed by atoms with van der Waals surface area (Å²) in [4.78, 5) is 11.3. The first-order valence-electron chi connectivity index (χ1n) is 6.59. The standard InChI is InChI=1S/C17H19NO2/c1-12-3-7-14(8-4-12)15-9-5-13(6-10-15)11-16(18)17(19)20-2/h3-10,16H,11,18H2,1-2H3. The Kier molecular flexibility index (Phi) is 4.53. The fraction of sp³-hybridized carbons (Fsp3) is 0.235. The smallest absolute Gasteiger partial charge is 0.322 e. The van der Waals surface area contributed by atoms with Gasteiger partial charge in [-0.2, -0.15) is 0 Å². The van der Waals surface area contributed by atoms with Crippen molar-refractivity contribution in [3.05, 3.63) is 59.7 Å². The Hall–Kier alpha value is -2.13. The molecule has 3 nitrogen and oxygen atoms in total. The number of nitrogens with two attached hydrogens (primary N) is 1. The van der Waals surface area contributed by atoms with Crippen molar-refractivity contribution in [2.75, 3.05) is 7.11 Å². The van der Waals surface area contributed by atoms with Crippen LogP contribution in [0.4, 0.5) is 0 Å². The van der Waals surface area contributed by atoms with E-state index in [2.05, 4.69) is 35.9 Å². The molecule has 0 spiro atoms. The highest BCUT2D eigenvalue weighted by Gasteiger charge is 2.13. The second-order valence-corrected chi connectivity index (χ2v) is 4.90. The summed E-state index contributed by atoms with van der Waals surface area (Å²) in [6, 6.07) is 15.9. The van der Waals surface area contributed by atoms with Crippen molar-refractivity contribution < 1.29 is 9.53 Å². The SMILES string of the molecule is COC(=O)C(N)Cc1ccc(-c2ccc(C)cc2)cc1. The van der Waals surface area contributed by atoms with E-state index in [0.717, 1.165) is 11.1 Å². The predicted molar refractivity (Wildman–Crippen MR) is 80.3 cm³/mol. The summed E-state index contributed by atoms with van der Waals surface area (Å²) in [6.07, 6.45) is 0.487. The van der Waals surface area contributed by atoms with Gasteiger partial charge in [0, 0.05) is 0 Å². The van der Waals surface area contributed by atoms with Crippen molar-refractivity contribution in [1.82, 2.24) is 0 Å². The molecule has 0 aliphatic rings. The Bertz CT molecular complexity index is 573. The zero-order chi connectivity index (χ0) is 14.5. The molecule has 2 aromatic rings. The number of hydrogen-bond donors (Lipinski definition) is 1. The van der Waals surface area contributed by atoms with Gasteiger partial charge in [0.25, 0.3) is 0 Å². The van der Waals surface area contributed by atoms with E-state index in [-0.39, 0.29) is 5.97 Å². The maximum Gasteiger partial charge on any atom is 0.322 e. The van der Waals surface area contributed by atoms with E-state index in [1.165, 1.54) is 18.2 Å². The number of methoxy groups -OCH3 is 1. The van der Waals surface area contributed by atoms with Gasteiger partial charge in [-0.1, -0.05) is 54.1 Å². The van der Waals surface area contributed by atoms with Crippen LogP contribution in [0.5, 0.6) is 0 Å². The molecule has 2 N–H and O–H groups in total. The van der Waals surface area contributed by atoms with Gasteiger partial charge in [-0.15, -0.1) is 0 Å². The van der Waals surface area contributed by atoms with Gasteiger partial charge in [-0.05, 0) is 30.0 Å². The molecule has 2 rings (SSSR count). The van der Waals surface area contributed by atoms with Crippen molar-refractivity contribution in [3.63, 3.8) is 0 Å². The Morgan fingerprint density at radius 1 is 1.05 bits per heavy atom. The van der Waals surface area contributed by atoms with Crippen LogP contribution in [0, 0.1) is 6.92 Å². The minimum Gasteiger partial charge on any atom is -0.468 e. The summed E-state index contributed by atoms with van der Waals surface area (Å²) in [5.74, 6) is -0.382. The molecule has 0 saturated heterocycles. The van der Waals surface area contributed by atoms with Crippen LogP contribution in [-0.4, -0.2) is 19.1 Å². The molecule has 20 heavy (non-hydrogen) atoms. The van der Waals surface area contributed by atoms with E-state index in [4.69, 9.17) is 5.73 Å². The van der Waals surface area contributed by atoms with Gasteiger partial charge in [0.15, 0.2) is 0 Å². The highest BCUT2D eigenvalue weighted by molar-refractivity contribution is 5.75. The molecule has 0 saturated carbocycles. The number of esters is 1. The summed E-state index contributed by atoms with van der Waals surface area (Å²) in [5, 5.41) is 0.